The van der Waals surface area contributed by atoms with Crippen molar-refractivity contribution in [1.82, 2.24) is 14.9 Å². The summed E-state index contributed by atoms with van der Waals surface area (Å²) in [6.07, 6.45) is 6.54. The van der Waals surface area contributed by atoms with Gasteiger partial charge in [-0.2, -0.15) is 0 Å². The molecule has 2 rings (SSSR count). The van der Waals surface area contributed by atoms with Crippen LogP contribution in [0.15, 0.2) is 29.7 Å². The summed E-state index contributed by atoms with van der Waals surface area (Å²) in [7, 11) is 0. The van der Waals surface area contributed by atoms with Crippen LogP contribution >= 0.6 is 35.0 Å². The smallest absolute Gasteiger partial charge is 0.307 e. The average Bonchev–Trinajstić information content (AvgIpc) is 2.87. The molecule has 1 aromatic heterocycles. The minimum Gasteiger partial charge on any atom is -0.307 e. The highest BCUT2D eigenvalue weighted by Crippen LogP contribution is 2.24. The number of benzene rings is 1. The third-order valence-corrected chi connectivity index (χ3v) is 3.79. The van der Waals surface area contributed by atoms with Crippen LogP contribution < -0.4 is 10.7 Å². The Kier molecular flexibility index (Phi) is 5.33. The van der Waals surface area contributed by atoms with Crippen molar-refractivity contribution in [3.05, 3.63) is 34.6 Å². The lowest BCUT2D eigenvalue weighted by atomic mass is 10.3. The van der Waals surface area contributed by atoms with Gasteiger partial charge in [-0.05, 0) is 18.2 Å². The number of anilines is 1. The molecule has 0 bridgehead atoms. The quantitative estimate of drug-likeness (QED) is 0.662. The summed E-state index contributed by atoms with van der Waals surface area (Å²) in [5.74, 6) is 2.89. The van der Waals surface area contributed by atoms with E-state index in [0.717, 1.165) is 0 Å². The van der Waals surface area contributed by atoms with E-state index >= 15 is 0 Å². The van der Waals surface area contributed by atoms with Crippen LogP contribution in [0.2, 0.25) is 10.0 Å². The molecule has 0 aliphatic heterocycles. The zero-order valence-electron chi connectivity index (χ0n) is 10.5. The van der Waals surface area contributed by atoms with Crippen molar-refractivity contribution in [3.63, 3.8) is 0 Å². The zero-order chi connectivity index (χ0) is 15.2. The molecule has 0 aliphatic rings. The van der Waals surface area contributed by atoms with E-state index in [9.17, 15) is 4.79 Å². The van der Waals surface area contributed by atoms with Gasteiger partial charge >= 0.3 is 6.03 Å². The number of terminal acetylenes is 1. The molecule has 0 atom stereocenters. The molecule has 6 nitrogen and oxygen atoms in total. The lowest BCUT2D eigenvalue weighted by molar-refractivity contribution is 0.259. The van der Waals surface area contributed by atoms with E-state index in [0.29, 0.717) is 26.6 Å². The van der Waals surface area contributed by atoms with E-state index in [-0.39, 0.29) is 0 Å². The van der Waals surface area contributed by atoms with Crippen LogP contribution in [0.5, 0.6) is 0 Å². The molecule has 0 saturated heterocycles. The number of nitrogens with zero attached hydrogens (tertiary/aromatic N) is 3. The fourth-order valence-corrected chi connectivity index (χ4v) is 2.20. The molecule has 21 heavy (non-hydrogen) atoms. The Balaban J connectivity index is 2.00. The van der Waals surface area contributed by atoms with Crippen molar-refractivity contribution in [3.8, 4) is 12.3 Å². The summed E-state index contributed by atoms with van der Waals surface area (Å²) < 4.78 is 1.37. The minimum atomic E-state index is -0.476. The molecule has 1 aromatic carbocycles. The first-order chi connectivity index (χ1) is 10.1. The Morgan fingerprint density at radius 3 is 2.95 bits per heavy atom. The lowest BCUT2D eigenvalue weighted by Crippen LogP contribution is -2.27. The maximum Gasteiger partial charge on any atom is 0.338 e. The van der Waals surface area contributed by atoms with Gasteiger partial charge in [-0.15, -0.1) is 16.6 Å². The second kappa shape index (κ2) is 7.22. The molecule has 2 amide bonds. The second-order valence-corrected chi connectivity index (χ2v) is 5.43. The highest BCUT2D eigenvalue weighted by atomic mass is 35.5. The fraction of sp³-hybridized carbons (Fsp3) is 0.0833. The van der Waals surface area contributed by atoms with Gasteiger partial charge in [-0.1, -0.05) is 40.9 Å². The summed E-state index contributed by atoms with van der Waals surface area (Å²) in [6.45, 7) is 0. The number of hydrogen-bond acceptors (Lipinski definition) is 4. The highest BCUT2D eigenvalue weighted by Gasteiger charge is 2.09. The standard InChI is InChI=1S/C12H9Cl2N5OS/c1-2-5-21-12-17-15-7-19(12)18-11(20)16-8-3-4-9(13)10(14)6-8/h1,3-4,6-7H,5H2,(H2,16,18,20). The Hall–Kier alpha value is -1.88. The Labute approximate surface area is 135 Å². The first kappa shape index (κ1) is 15.5. The number of thioether (sulfide) groups is 1. The van der Waals surface area contributed by atoms with E-state index in [1.807, 2.05) is 0 Å². The van der Waals surface area contributed by atoms with Crippen LogP contribution in [0.4, 0.5) is 10.5 Å². The maximum atomic E-state index is 11.9. The molecule has 1 heterocycles. The van der Waals surface area contributed by atoms with Gasteiger partial charge in [0.15, 0.2) is 0 Å². The first-order valence-electron chi connectivity index (χ1n) is 5.59. The summed E-state index contributed by atoms with van der Waals surface area (Å²) in [4.78, 5) is 11.9. The van der Waals surface area contributed by atoms with Crippen molar-refractivity contribution in [2.75, 3.05) is 16.5 Å². The lowest BCUT2D eigenvalue weighted by Gasteiger charge is -2.09. The number of rotatable bonds is 4. The van der Waals surface area contributed by atoms with Gasteiger partial charge in [-0.3, -0.25) is 0 Å². The molecule has 0 radical (unpaired) electrons. The summed E-state index contributed by atoms with van der Waals surface area (Å²) in [5, 5.41) is 11.4. The van der Waals surface area contributed by atoms with Crippen LogP contribution in [0.1, 0.15) is 0 Å². The van der Waals surface area contributed by atoms with Crippen LogP contribution in [0.3, 0.4) is 0 Å². The van der Waals surface area contributed by atoms with E-state index in [4.69, 9.17) is 29.6 Å². The molecular weight excluding hydrogens is 333 g/mol. The predicted molar refractivity (Wildman–Crippen MR) is 84.4 cm³/mol. The minimum absolute atomic E-state index is 0.351. The van der Waals surface area contributed by atoms with Crippen molar-refractivity contribution in [2.24, 2.45) is 0 Å². The monoisotopic (exact) mass is 341 g/mol. The molecule has 0 unspecified atom stereocenters. The number of carbonyl (C=O) groups is 1. The van der Waals surface area contributed by atoms with Crippen LogP contribution in [-0.2, 0) is 0 Å². The Morgan fingerprint density at radius 1 is 1.43 bits per heavy atom. The molecular formula is C12H9Cl2N5OS. The number of hydrogen-bond donors (Lipinski definition) is 2. The SMILES string of the molecule is C#CCSc1nncn1NC(=O)Nc1ccc(Cl)c(Cl)c1. The largest absolute Gasteiger partial charge is 0.338 e. The number of urea groups is 1. The molecule has 0 aliphatic carbocycles. The van der Waals surface area contributed by atoms with Gasteiger partial charge in [0.25, 0.3) is 0 Å². The molecule has 9 heteroatoms. The van der Waals surface area contributed by atoms with Crippen molar-refractivity contribution < 1.29 is 4.79 Å². The Bertz CT molecular complexity index is 697. The van der Waals surface area contributed by atoms with Gasteiger partial charge < -0.3 is 5.32 Å². The third-order valence-electron chi connectivity index (χ3n) is 2.20. The number of aromatic nitrogens is 3. The number of carbonyl (C=O) groups excluding carboxylic acids is 1. The summed E-state index contributed by atoms with van der Waals surface area (Å²) in [6, 6.07) is 4.29. The molecule has 2 N–H and O–H groups in total. The van der Waals surface area contributed by atoms with Gasteiger partial charge in [0.05, 0.1) is 15.8 Å². The molecule has 2 aromatic rings. The Morgan fingerprint density at radius 2 is 2.24 bits per heavy atom. The van der Waals surface area contributed by atoms with Crippen LogP contribution in [0, 0.1) is 12.3 Å². The van der Waals surface area contributed by atoms with E-state index in [1.165, 1.54) is 22.8 Å². The van der Waals surface area contributed by atoms with E-state index in [2.05, 4.69) is 26.9 Å². The fourth-order valence-electron chi connectivity index (χ4n) is 1.35. The van der Waals surface area contributed by atoms with E-state index < -0.39 is 6.03 Å². The predicted octanol–water partition coefficient (Wildman–Crippen LogP) is 3.09. The summed E-state index contributed by atoms with van der Waals surface area (Å²) >= 11 is 13.0. The zero-order valence-corrected chi connectivity index (χ0v) is 12.8. The number of halogens is 2. The van der Waals surface area contributed by atoms with E-state index in [1.54, 1.807) is 18.2 Å². The van der Waals surface area contributed by atoms with Crippen molar-refractivity contribution in [2.45, 2.75) is 5.16 Å². The second-order valence-electron chi connectivity index (χ2n) is 3.67. The van der Waals surface area contributed by atoms with Crippen LogP contribution in [0.25, 0.3) is 0 Å². The molecule has 108 valence electrons. The van der Waals surface area contributed by atoms with Crippen molar-refractivity contribution in [1.29, 1.82) is 0 Å². The number of nitrogens with one attached hydrogen (secondary N) is 2. The van der Waals surface area contributed by atoms with Gasteiger partial charge in [0.2, 0.25) is 5.16 Å². The number of amides is 2. The topological polar surface area (TPSA) is 71.8 Å². The van der Waals surface area contributed by atoms with Crippen molar-refractivity contribution >= 4 is 46.7 Å². The molecule has 0 fully saturated rings. The summed E-state index contributed by atoms with van der Waals surface area (Å²) in [5.41, 5.74) is 3.07. The molecule has 0 spiro atoms. The van der Waals surface area contributed by atoms with Crippen LogP contribution in [-0.4, -0.2) is 26.7 Å². The third kappa shape index (κ3) is 4.29. The van der Waals surface area contributed by atoms with Gasteiger partial charge in [0, 0.05) is 5.69 Å². The average molecular weight is 342 g/mol. The van der Waals surface area contributed by atoms with Gasteiger partial charge in [-0.25, -0.2) is 14.9 Å². The maximum absolute atomic E-state index is 11.9. The highest BCUT2D eigenvalue weighted by molar-refractivity contribution is 7.99. The normalized spacial score (nSPS) is 9.95. The molecule has 0 saturated carbocycles. The first-order valence-corrected chi connectivity index (χ1v) is 7.33. The van der Waals surface area contributed by atoms with Gasteiger partial charge in [0.1, 0.15) is 6.33 Å².